The maximum Gasteiger partial charge on any atom is 0.330 e. The van der Waals surface area contributed by atoms with Crippen LogP contribution in [0.15, 0.2) is 73.1 Å². The number of hydrogen-bond donors (Lipinski definition) is 0. The summed E-state index contributed by atoms with van der Waals surface area (Å²) in [6.07, 6.45) is 6.84. The van der Waals surface area contributed by atoms with E-state index < -0.39 is 0 Å². The van der Waals surface area contributed by atoms with Gasteiger partial charge in [-0.1, -0.05) is 42.5 Å². The summed E-state index contributed by atoms with van der Waals surface area (Å²) in [6, 6.07) is 17.2. The van der Waals surface area contributed by atoms with E-state index in [1.54, 1.807) is 11.0 Å². The zero-order valence-corrected chi connectivity index (χ0v) is 16.7. The number of nitrogens with zero attached hydrogens (tertiary/aromatic N) is 2. The van der Waals surface area contributed by atoms with Crippen molar-refractivity contribution < 1.29 is 14.3 Å². The Bertz CT molecular complexity index is 832. The molecule has 2 aromatic carbocycles. The smallest absolute Gasteiger partial charge is 0.330 e. The van der Waals surface area contributed by atoms with Crippen molar-refractivity contribution in [3.8, 4) is 0 Å². The van der Waals surface area contributed by atoms with E-state index in [4.69, 9.17) is 0 Å². The second-order valence-corrected chi connectivity index (χ2v) is 5.93. The number of carbonyl (C=O) groups is 2. The van der Waals surface area contributed by atoms with Crippen molar-refractivity contribution in [3.05, 3.63) is 89.8 Å². The van der Waals surface area contributed by atoms with Gasteiger partial charge in [0.1, 0.15) is 0 Å². The third-order valence-corrected chi connectivity index (χ3v) is 4.05. The quantitative estimate of drug-likeness (QED) is 0.536. The largest absolute Gasteiger partial charge is 0.466 e. The maximum absolute atomic E-state index is 12.4. The van der Waals surface area contributed by atoms with Crippen molar-refractivity contribution in [2.45, 2.75) is 6.54 Å². The number of halogens is 1. The van der Waals surface area contributed by atoms with Crippen LogP contribution in [0.1, 0.15) is 21.5 Å². The standard InChI is InChI=1S/C21H20N2O3.BrH/c1-26-20(24)12-11-17-7-9-18(10-8-17)15-22-13-14-23(16-22)21(25)19-5-3-2-4-6-19;/h2-14H,15-16H2,1H3;1H. The van der Waals surface area contributed by atoms with Crippen LogP contribution in [0.2, 0.25) is 0 Å². The minimum Gasteiger partial charge on any atom is -0.466 e. The zero-order valence-electron chi connectivity index (χ0n) is 14.9. The first kappa shape index (κ1) is 20.5. The molecule has 6 heteroatoms. The van der Waals surface area contributed by atoms with E-state index in [0.717, 1.165) is 11.1 Å². The molecule has 0 bridgehead atoms. The first-order valence-corrected chi connectivity index (χ1v) is 8.29. The van der Waals surface area contributed by atoms with E-state index in [0.29, 0.717) is 18.8 Å². The van der Waals surface area contributed by atoms with Gasteiger partial charge in [0.2, 0.25) is 0 Å². The third kappa shape index (κ3) is 5.56. The van der Waals surface area contributed by atoms with Crippen LogP contribution in [0.25, 0.3) is 6.08 Å². The van der Waals surface area contributed by atoms with Gasteiger partial charge in [0.05, 0.1) is 13.8 Å². The van der Waals surface area contributed by atoms with E-state index in [2.05, 4.69) is 9.64 Å². The van der Waals surface area contributed by atoms with Crippen LogP contribution in [0.4, 0.5) is 0 Å². The van der Waals surface area contributed by atoms with Crippen molar-refractivity contribution in [2.75, 3.05) is 13.8 Å². The number of amides is 1. The highest BCUT2D eigenvalue weighted by Crippen LogP contribution is 2.16. The molecule has 0 fully saturated rings. The van der Waals surface area contributed by atoms with Gasteiger partial charge in [-0.05, 0) is 29.3 Å². The van der Waals surface area contributed by atoms with Gasteiger partial charge in [0.15, 0.2) is 0 Å². The van der Waals surface area contributed by atoms with Gasteiger partial charge in [-0.2, -0.15) is 0 Å². The highest BCUT2D eigenvalue weighted by atomic mass is 79.9. The molecular weight excluding hydrogens is 408 g/mol. The molecule has 0 saturated heterocycles. The Hall–Kier alpha value is -2.86. The topological polar surface area (TPSA) is 49.9 Å². The fraction of sp³-hybridized carbons (Fsp3) is 0.143. The van der Waals surface area contributed by atoms with Gasteiger partial charge in [-0.25, -0.2) is 4.79 Å². The Morgan fingerprint density at radius 2 is 1.74 bits per heavy atom. The molecule has 2 aromatic rings. The summed E-state index contributed by atoms with van der Waals surface area (Å²) in [4.78, 5) is 27.3. The number of rotatable bonds is 5. The Morgan fingerprint density at radius 3 is 2.41 bits per heavy atom. The van der Waals surface area contributed by atoms with Crippen LogP contribution in [0.3, 0.4) is 0 Å². The molecule has 27 heavy (non-hydrogen) atoms. The van der Waals surface area contributed by atoms with Crippen molar-refractivity contribution in [1.29, 1.82) is 0 Å². The monoisotopic (exact) mass is 428 g/mol. The van der Waals surface area contributed by atoms with E-state index >= 15 is 0 Å². The molecule has 5 nitrogen and oxygen atoms in total. The molecule has 0 N–H and O–H groups in total. The predicted molar refractivity (Wildman–Crippen MR) is 110 cm³/mol. The first-order chi connectivity index (χ1) is 12.7. The lowest BCUT2D eigenvalue weighted by Crippen LogP contribution is -2.30. The summed E-state index contributed by atoms with van der Waals surface area (Å²) in [5.41, 5.74) is 2.73. The lowest BCUT2D eigenvalue weighted by Gasteiger charge is -2.20. The zero-order chi connectivity index (χ0) is 18.4. The summed E-state index contributed by atoms with van der Waals surface area (Å²) in [5, 5.41) is 0. The van der Waals surface area contributed by atoms with Crippen LogP contribution in [-0.4, -0.2) is 35.5 Å². The number of ether oxygens (including phenoxy) is 1. The normalized spacial score (nSPS) is 12.9. The Labute approximate surface area is 169 Å². The average molecular weight is 429 g/mol. The first-order valence-electron chi connectivity index (χ1n) is 8.29. The number of hydrogen-bond acceptors (Lipinski definition) is 4. The van der Waals surface area contributed by atoms with Crippen LogP contribution in [-0.2, 0) is 16.1 Å². The molecule has 1 amide bonds. The highest BCUT2D eigenvalue weighted by molar-refractivity contribution is 8.93. The SMILES string of the molecule is Br.COC(=O)C=Cc1ccc(CN2C=CN(C(=O)c3ccccc3)C2)cc1. The van der Waals surface area contributed by atoms with E-state index in [9.17, 15) is 9.59 Å². The minimum absolute atomic E-state index is 0. The maximum atomic E-state index is 12.4. The fourth-order valence-corrected chi connectivity index (χ4v) is 2.65. The Morgan fingerprint density at radius 1 is 1.04 bits per heavy atom. The molecule has 0 spiro atoms. The van der Waals surface area contributed by atoms with Gasteiger partial charge in [0.25, 0.3) is 5.91 Å². The van der Waals surface area contributed by atoms with Crippen LogP contribution < -0.4 is 0 Å². The summed E-state index contributed by atoms with van der Waals surface area (Å²) in [5.74, 6) is -0.382. The second-order valence-electron chi connectivity index (χ2n) is 5.93. The minimum atomic E-state index is -0.376. The third-order valence-electron chi connectivity index (χ3n) is 4.05. The van der Waals surface area contributed by atoms with Crippen LogP contribution >= 0.6 is 17.0 Å². The van der Waals surface area contributed by atoms with Gasteiger partial charge < -0.3 is 9.64 Å². The molecule has 1 heterocycles. The van der Waals surface area contributed by atoms with Gasteiger partial charge in [0, 0.05) is 30.6 Å². The molecule has 0 atom stereocenters. The van der Waals surface area contributed by atoms with Gasteiger partial charge in [-0.15, -0.1) is 17.0 Å². The molecule has 1 aliphatic rings. The predicted octanol–water partition coefficient (Wildman–Crippen LogP) is 3.84. The van der Waals surface area contributed by atoms with Crippen molar-refractivity contribution in [1.82, 2.24) is 9.80 Å². The van der Waals surface area contributed by atoms with Crippen molar-refractivity contribution in [2.24, 2.45) is 0 Å². The Balaban J connectivity index is 0.00000261. The van der Waals surface area contributed by atoms with E-state index in [1.165, 1.54) is 13.2 Å². The number of carbonyl (C=O) groups excluding carboxylic acids is 2. The summed E-state index contributed by atoms with van der Waals surface area (Å²) in [6.45, 7) is 1.23. The molecule has 0 aliphatic carbocycles. The lowest BCUT2D eigenvalue weighted by molar-refractivity contribution is -0.134. The average Bonchev–Trinajstić information content (AvgIpc) is 3.15. The molecule has 140 valence electrons. The molecule has 1 aliphatic heterocycles. The molecule has 0 radical (unpaired) electrons. The molecule has 0 unspecified atom stereocenters. The number of benzene rings is 2. The van der Waals surface area contributed by atoms with Crippen LogP contribution in [0, 0.1) is 0 Å². The Kier molecular flexibility index (Phi) is 7.37. The number of esters is 1. The summed E-state index contributed by atoms with van der Waals surface area (Å²) in [7, 11) is 1.35. The second kappa shape index (κ2) is 9.73. The van der Waals surface area contributed by atoms with E-state index in [1.807, 2.05) is 67.0 Å². The van der Waals surface area contributed by atoms with Crippen molar-refractivity contribution >= 4 is 34.9 Å². The molecule has 3 rings (SSSR count). The van der Waals surface area contributed by atoms with Crippen LogP contribution in [0.5, 0.6) is 0 Å². The highest BCUT2D eigenvalue weighted by Gasteiger charge is 2.19. The van der Waals surface area contributed by atoms with Crippen molar-refractivity contribution in [3.63, 3.8) is 0 Å². The fourth-order valence-electron chi connectivity index (χ4n) is 2.65. The number of methoxy groups -OCH3 is 1. The van der Waals surface area contributed by atoms with E-state index in [-0.39, 0.29) is 28.9 Å². The summed E-state index contributed by atoms with van der Waals surface area (Å²) < 4.78 is 4.57. The molecule has 0 saturated carbocycles. The van der Waals surface area contributed by atoms with Gasteiger partial charge >= 0.3 is 5.97 Å². The lowest BCUT2D eigenvalue weighted by atomic mass is 10.1. The molecule has 0 aromatic heterocycles. The summed E-state index contributed by atoms with van der Waals surface area (Å²) >= 11 is 0. The molecular formula is C21H21BrN2O3. The van der Waals surface area contributed by atoms with Gasteiger partial charge in [-0.3, -0.25) is 9.69 Å².